The molecular weight excluding hydrogens is 204 g/mol. The van der Waals surface area contributed by atoms with Crippen LogP contribution in [0.2, 0.25) is 0 Å². The molecule has 0 aliphatic carbocycles. The highest BCUT2D eigenvalue weighted by molar-refractivity contribution is 5.91. The maximum Gasteiger partial charge on any atom is 0.338 e. The second kappa shape index (κ2) is 6.28. The summed E-state index contributed by atoms with van der Waals surface area (Å²) in [7, 11) is 0. The molecule has 0 atom stereocenters. The van der Waals surface area contributed by atoms with Gasteiger partial charge in [-0.25, -0.2) is 4.79 Å². The van der Waals surface area contributed by atoms with E-state index in [0.717, 1.165) is 11.1 Å². The van der Waals surface area contributed by atoms with Crippen LogP contribution in [0.25, 0.3) is 0 Å². The number of unbranched alkanes of at least 4 members (excludes halogenated alkanes) is 1. The van der Waals surface area contributed by atoms with Gasteiger partial charge in [0, 0.05) is 6.61 Å². The van der Waals surface area contributed by atoms with Crippen molar-refractivity contribution in [3.8, 4) is 0 Å². The van der Waals surface area contributed by atoms with Crippen molar-refractivity contribution in [1.82, 2.24) is 0 Å². The molecular formula is C13H18O3. The number of benzene rings is 1. The number of rotatable bonds is 5. The van der Waals surface area contributed by atoms with Crippen LogP contribution in [0.3, 0.4) is 0 Å². The van der Waals surface area contributed by atoms with Crippen molar-refractivity contribution >= 4 is 5.97 Å². The van der Waals surface area contributed by atoms with Crippen LogP contribution in [-0.2, 0) is 4.74 Å². The summed E-state index contributed by atoms with van der Waals surface area (Å²) >= 11 is 0. The summed E-state index contributed by atoms with van der Waals surface area (Å²) in [6.45, 7) is 4.40. The van der Waals surface area contributed by atoms with Crippen molar-refractivity contribution in [2.45, 2.75) is 26.7 Å². The van der Waals surface area contributed by atoms with Gasteiger partial charge in [0.2, 0.25) is 0 Å². The Labute approximate surface area is 96.1 Å². The van der Waals surface area contributed by atoms with Crippen LogP contribution in [0.1, 0.15) is 34.3 Å². The molecule has 3 heteroatoms. The van der Waals surface area contributed by atoms with E-state index in [0.29, 0.717) is 25.0 Å². The average molecular weight is 222 g/mol. The van der Waals surface area contributed by atoms with Crippen LogP contribution in [0.4, 0.5) is 0 Å². The number of aliphatic hydroxyl groups excluding tert-OH is 1. The molecule has 0 amide bonds. The molecule has 0 unspecified atom stereocenters. The fourth-order valence-electron chi connectivity index (χ4n) is 1.50. The molecule has 0 heterocycles. The second-order valence-corrected chi connectivity index (χ2v) is 3.89. The Kier molecular flexibility index (Phi) is 4.99. The molecule has 0 aliphatic heterocycles. The summed E-state index contributed by atoms with van der Waals surface area (Å²) in [6, 6.07) is 5.65. The second-order valence-electron chi connectivity index (χ2n) is 3.89. The Bertz CT molecular complexity index is 358. The Morgan fingerprint density at radius 3 is 2.69 bits per heavy atom. The lowest BCUT2D eigenvalue weighted by atomic mass is 10.1. The highest BCUT2D eigenvalue weighted by atomic mass is 16.5. The minimum Gasteiger partial charge on any atom is -0.462 e. The number of aliphatic hydroxyl groups is 1. The standard InChI is InChI=1S/C13H18O3/c1-10-5-6-12(11(2)9-10)13(15)16-8-4-3-7-14/h5-6,9,14H,3-4,7-8H2,1-2H3. The van der Waals surface area contributed by atoms with E-state index in [1.165, 1.54) is 0 Å². The van der Waals surface area contributed by atoms with Crippen LogP contribution in [-0.4, -0.2) is 24.3 Å². The van der Waals surface area contributed by atoms with E-state index < -0.39 is 0 Å². The number of hydrogen-bond acceptors (Lipinski definition) is 3. The molecule has 3 nitrogen and oxygen atoms in total. The number of hydrogen-bond donors (Lipinski definition) is 1. The maximum atomic E-state index is 11.7. The molecule has 0 aliphatic rings. The van der Waals surface area contributed by atoms with E-state index >= 15 is 0 Å². The predicted molar refractivity (Wildman–Crippen MR) is 62.5 cm³/mol. The summed E-state index contributed by atoms with van der Waals surface area (Å²) in [4.78, 5) is 11.7. The average Bonchev–Trinajstić information content (AvgIpc) is 2.24. The first-order chi connectivity index (χ1) is 7.65. The highest BCUT2D eigenvalue weighted by Gasteiger charge is 2.09. The molecule has 0 aromatic heterocycles. The van der Waals surface area contributed by atoms with E-state index in [1.54, 1.807) is 6.07 Å². The zero-order chi connectivity index (χ0) is 12.0. The zero-order valence-corrected chi connectivity index (χ0v) is 9.82. The van der Waals surface area contributed by atoms with Gasteiger partial charge in [-0.05, 0) is 38.3 Å². The van der Waals surface area contributed by atoms with Gasteiger partial charge in [-0.1, -0.05) is 17.7 Å². The minimum atomic E-state index is -0.282. The SMILES string of the molecule is Cc1ccc(C(=O)OCCCCO)c(C)c1. The van der Waals surface area contributed by atoms with E-state index in [4.69, 9.17) is 9.84 Å². The molecule has 1 N–H and O–H groups in total. The lowest BCUT2D eigenvalue weighted by molar-refractivity contribution is 0.0492. The van der Waals surface area contributed by atoms with Crippen LogP contribution in [0.5, 0.6) is 0 Å². The number of aryl methyl sites for hydroxylation is 2. The zero-order valence-electron chi connectivity index (χ0n) is 9.82. The molecule has 0 saturated carbocycles. The van der Waals surface area contributed by atoms with Crippen LogP contribution >= 0.6 is 0 Å². The van der Waals surface area contributed by atoms with Gasteiger partial charge in [0.05, 0.1) is 12.2 Å². The van der Waals surface area contributed by atoms with Crippen LogP contribution in [0.15, 0.2) is 18.2 Å². The van der Waals surface area contributed by atoms with Gasteiger partial charge >= 0.3 is 5.97 Å². The first-order valence-electron chi connectivity index (χ1n) is 5.50. The third kappa shape index (κ3) is 3.66. The Morgan fingerprint density at radius 2 is 2.06 bits per heavy atom. The van der Waals surface area contributed by atoms with Crippen molar-refractivity contribution in [2.24, 2.45) is 0 Å². The summed E-state index contributed by atoms with van der Waals surface area (Å²) in [5, 5.41) is 8.58. The van der Waals surface area contributed by atoms with Crippen molar-refractivity contribution in [1.29, 1.82) is 0 Å². The van der Waals surface area contributed by atoms with E-state index in [9.17, 15) is 4.79 Å². The van der Waals surface area contributed by atoms with Crippen molar-refractivity contribution in [2.75, 3.05) is 13.2 Å². The van der Waals surface area contributed by atoms with E-state index in [2.05, 4.69) is 0 Å². The number of carbonyl (C=O) groups is 1. The van der Waals surface area contributed by atoms with E-state index in [-0.39, 0.29) is 12.6 Å². The predicted octanol–water partition coefficient (Wildman–Crippen LogP) is 2.23. The topological polar surface area (TPSA) is 46.5 Å². The van der Waals surface area contributed by atoms with Gasteiger partial charge in [0.15, 0.2) is 0 Å². The first-order valence-corrected chi connectivity index (χ1v) is 5.50. The minimum absolute atomic E-state index is 0.140. The molecule has 1 aromatic rings. The monoisotopic (exact) mass is 222 g/mol. The van der Waals surface area contributed by atoms with Gasteiger partial charge in [-0.15, -0.1) is 0 Å². The summed E-state index contributed by atoms with van der Waals surface area (Å²) in [5.74, 6) is -0.282. The first kappa shape index (κ1) is 12.7. The number of carbonyl (C=O) groups excluding carboxylic acids is 1. The van der Waals surface area contributed by atoms with Crippen molar-refractivity contribution < 1.29 is 14.6 Å². The molecule has 0 saturated heterocycles. The number of esters is 1. The molecule has 1 rings (SSSR count). The lowest BCUT2D eigenvalue weighted by Gasteiger charge is -2.07. The van der Waals surface area contributed by atoms with Gasteiger partial charge in [-0.3, -0.25) is 0 Å². The maximum absolute atomic E-state index is 11.7. The van der Waals surface area contributed by atoms with Gasteiger partial charge in [0.1, 0.15) is 0 Å². The van der Waals surface area contributed by atoms with Gasteiger partial charge in [-0.2, -0.15) is 0 Å². The normalized spacial score (nSPS) is 10.2. The lowest BCUT2D eigenvalue weighted by Crippen LogP contribution is -2.08. The van der Waals surface area contributed by atoms with Crippen molar-refractivity contribution in [3.05, 3.63) is 34.9 Å². The van der Waals surface area contributed by atoms with Crippen LogP contribution < -0.4 is 0 Å². The summed E-state index contributed by atoms with van der Waals surface area (Å²) < 4.78 is 5.10. The molecule has 0 fully saturated rings. The molecule has 0 bridgehead atoms. The summed E-state index contributed by atoms with van der Waals surface area (Å²) in [6.07, 6.45) is 1.37. The molecule has 16 heavy (non-hydrogen) atoms. The van der Waals surface area contributed by atoms with E-state index in [1.807, 2.05) is 26.0 Å². The van der Waals surface area contributed by atoms with Crippen LogP contribution in [0, 0.1) is 13.8 Å². The highest BCUT2D eigenvalue weighted by Crippen LogP contribution is 2.11. The fraction of sp³-hybridized carbons (Fsp3) is 0.462. The largest absolute Gasteiger partial charge is 0.462 e. The summed E-state index contributed by atoms with van der Waals surface area (Å²) in [5.41, 5.74) is 2.69. The Hall–Kier alpha value is -1.35. The quantitative estimate of drug-likeness (QED) is 0.614. The third-order valence-corrected chi connectivity index (χ3v) is 2.39. The molecule has 1 aromatic carbocycles. The third-order valence-electron chi connectivity index (χ3n) is 2.39. The Balaban J connectivity index is 2.53. The van der Waals surface area contributed by atoms with Gasteiger partial charge in [0.25, 0.3) is 0 Å². The molecule has 0 radical (unpaired) electrons. The van der Waals surface area contributed by atoms with Crippen molar-refractivity contribution in [3.63, 3.8) is 0 Å². The number of ether oxygens (including phenoxy) is 1. The Morgan fingerprint density at radius 1 is 1.31 bits per heavy atom. The van der Waals surface area contributed by atoms with Gasteiger partial charge < -0.3 is 9.84 Å². The smallest absolute Gasteiger partial charge is 0.338 e. The fourth-order valence-corrected chi connectivity index (χ4v) is 1.50. The molecule has 88 valence electrons. The molecule has 0 spiro atoms.